The van der Waals surface area contributed by atoms with Crippen molar-refractivity contribution in [1.29, 1.82) is 0 Å². The van der Waals surface area contributed by atoms with E-state index in [0.29, 0.717) is 0 Å². The van der Waals surface area contributed by atoms with Gasteiger partial charge in [0.15, 0.2) is 0 Å². The summed E-state index contributed by atoms with van der Waals surface area (Å²) in [6.07, 6.45) is 1.26. The van der Waals surface area contributed by atoms with E-state index >= 15 is 0 Å². The number of thioether (sulfide) groups is 1. The van der Waals surface area contributed by atoms with E-state index in [2.05, 4.69) is 47.9 Å². The van der Waals surface area contributed by atoms with Gasteiger partial charge in [-0.05, 0) is 31.0 Å². The van der Waals surface area contributed by atoms with Crippen molar-refractivity contribution in [3.63, 3.8) is 0 Å². The van der Waals surface area contributed by atoms with Gasteiger partial charge in [-0.25, -0.2) is 0 Å². The summed E-state index contributed by atoms with van der Waals surface area (Å²) in [6, 6.07) is 8.86. The zero-order valence-corrected chi connectivity index (χ0v) is 11.5. The van der Waals surface area contributed by atoms with Gasteiger partial charge in [0.05, 0.1) is 0 Å². The predicted octanol–water partition coefficient (Wildman–Crippen LogP) is 3.04. The zero-order valence-electron chi connectivity index (χ0n) is 10.7. The van der Waals surface area contributed by atoms with E-state index in [1.54, 1.807) is 0 Å². The first-order valence-corrected chi connectivity index (χ1v) is 7.47. The molecular formula is C14H22N2S. The fourth-order valence-corrected chi connectivity index (χ4v) is 3.37. The van der Waals surface area contributed by atoms with Gasteiger partial charge in [0.1, 0.15) is 0 Å². The highest BCUT2D eigenvalue weighted by molar-refractivity contribution is 8.00. The number of hydrogen-bond acceptors (Lipinski definition) is 3. The van der Waals surface area contributed by atoms with Crippen LogP contribution in [0.4, 0.5) is 5.69 Å². The molecule has 0 saturated carbocycles. The summed E-state index contributed by atoms with van der Waals surface area (Å²) in [4.78, 5) is 2.50. The largest absolute Gasteiger partial charge is 0.370 e. The van der Waals surface area contributed by atoms with Gasteiger partial charge in [-0.2, -0.15) is 11.8 Å². The van der Waals surface area contributed by atoms with Gasteiger partial charge in [0.2, 0.25) is 0 Å². The molecule has 1 aromatic carbocycles. The lowest BCUT2D eigenvalue weighted by molar-refractivity contribution is 0.727. The van der Waals surface area contributed by atoms with Crippen molar-refractivity contribution in [3.05, 3.63) is 29.8 Å². The van der Waals surface area contributed by atoms with Gasteiger partial charge in [-0.15, -0.1) is 0 Å². The Morgan fingerprint density at radius 2 is 2.12 bits per heavy atom. The first-order valence-electron chi connectivity index (χ1n) is 6.42. The fourth-order valence-electron chi connectivity index (χ4n) is 2.19. The van der Waals surface area contributed by atoms with Crippen LogP contribution in [0.1, 0.15) is 31.9 Å². The van der Waals surface area contributed by atoms with E-state index in [1.807, 2.05) is 6.92 Å². The Morgan fingerprint density at radius 3 is 2.71 bits per heavy atom. The SMILES string of the molecule is CCC1CN(c2ccc([C@H](C)N)cc2)CCS1. The van der Waals surface area contributed by atoms with Crippen molar-refractivity contribution in [2.45, 2.75) is 31.6 Å². The van der Waals surface area contributed by atoms with E-state index in [-0.39, 0.29) is 6.04 Å². The average molecular weight is 250 g/mol. The summed E-state index contributed by atoms with van der Waals surface area (Å²) in [5.74, 6) is 1.24. The highest BCUT2D eigenvalue weighted by Crippen LogP contribution is 2.26. The highest BCUT2D eigenvalue weighted by Gasteiger charge is 2.18. The minimum Gasteiger partial charge on any atom is -0.370 e. The third-order valence-corrected chi connectivity index (χ3v) is 4.75. The smallest absolute Gasteiger partial charge is 0.0367 e. The molecule has 1 heterocycles. The topological polar surface area (TPSA) is 29.3 Å². The second-order valence-electron chi connectivity index (χ2n) is 4.73. The molecular weight excluding hydrogens is 228 g/mol. The van der Waals surface area contributed by atoms with Crippen LogP contribution in [0.15, 0.2) is 24.3 Å². The monoisotopic (exact) mass is 250 g/mol. The summed E-state index contributed by atoms with van der Waals surface area (Å²) < 4.78 is 0. The third kappa shape index (κ3) is 3.17. The lowest BCUT2D eigenvalue weighted by Gasteiger charge is -2.33. The lowest BCUT2D eigenvalue weighted by Crippen LogP contribution is -2.37. The standard InChI is InChI=1S/C14H22N2S/c1-3-14-10-16(8-9-17-14)13-6-4-12(5-7-13)11(2)15/h4-7,11,14H,3,8-10,15H2,1-2H3/t11-,14?/m0/s1. The Hall–Kier alpha value is -0.670. The second-order valence-corrected chi connectivity index (χ2v) is 6.14. The van der Waals surface area contributed by atoms with Crippen LogP contribution < -0.4 is 10.6 Å². The molecule has 0 radical (unpaired) electrons. The number of rotatable bonds is 3. The Labute approximate surface area is 109 Å². The van der Waals surface area contributed by atoms with Crippen molar-refractivity contribution in [3.8, 4) is 0 Å². The van der Waals surface area contributed by atoms with Gasteiger partial charge < -0.3 is 10.6 Å². The average Bonchev–Trinajstić information content (AvgIpc) is 2.39. The molecule has 1 aromatic rings. The van der Waals surface area contributed by atoms with E-state index in [1.165, 1.54) is 36.5 Å². The molecule has 1 unspecified atom stereocenters. The molecule has 17 heavy (non-hydrogen) atoms. The van der Waals surface area contributed by atoms with Crippen LogP contribution in [0.25, 0.3) is 0 Å². The molecule has 1 fully saturated rings. The molecule has 1 aliphatic rings. The molecule has 0 amide bonds. The maximum atomic E-state index is 5.87. The maximum Gasteiger partial charge on any atom is 0.0367 e. The Bertz CT molecular complexity index is 348. The Morgan fingerprint density at radius 1 is 1.41 bits per heavy atom. The minimum absolute atomic E-state index is 0.129. The number of hydrogen-bond donors (Lipinski definition) is 1. The number of nitrogens with two attached hydrogens (primary N) is 1. The van der Waals surface area contributed by atoms with E-state index in [0.717, 1.165) is 5.25 Å². The molecule has 1 aliphatic heterocycles. The van der Waals surface area contributed by atoms with Gasteiger partial charge in [-0.3, -0.25) is 0 Å². The molecule has 0 aromatic heterocycles. The number of nitrogens with zero attached hydrogens (tertiary/aromatic N) is 1. The Kier molecular flexibility index (Phi) is 4.35. The lowest BCUT2D eigenvalue weighted by atomic mass is 10.1. The van der Waals surface area contributed by atoms with Gasteiger partial charge in [-0.1, -0.05) is 19.1 Å². The van der Waals surface area contributed by atoms with Crippen molar-refractivity contribution in [1.82, 2.24) is 0 Å². The van der Waals surface area contributed by atoms with Crippen LogP contribution in [0, 0.1) is 0 Å². The molecule has 1 saturated heterocycles. The van der Waals surface area contributed by atoms with E-state index < -0.39 is 0 Å². The van der Waals surface area contributed by atoms with Crippen LogP contribution in [-0.2, 0) is 0 Å². The first kappa shape index (κ1) is 12.8. The molecule has 0 bridgehead atoms. The molecule has 2 atom stereocenters. The summed E-state index contributed by atoms with van der Waals surface area (Å²) in [5, 5.41) is 0.789. The van der Waals surface area contributed by atoms with Crippen LogP contribution in [0.3, 0.4) is 0 Å². The normalized spacial score (nSPS) is 22.5. The van der Waals surface area contributed by atoms with Gasteiger partial charge >= 0.3 is 0 Å². The van der Waals surface area contributed by atoms with Crippen molar-refractivity contribution in [2.24, 2.45) is 5.73 Å². The van der Waals surface area contributed by atoms with Crippen molar-refractivity contribution in [2.75, 3.05) is 23.7 Å². The molecule has 2 nitrogen and oxygen atoms in total. The Balaban J connectivity index is 2.06. The number of anilines is 1. The van der Waals surface area contributed by atoms with Crippen LogP contribution >= 0.6 is 11.8 Å². The maximum absolute atomic E-state index is 5.87. The van der Waals surface area contributed by atoms with Gasteiger partial charge in [0, 0.05) is 35.8 Å². The highest BCUT2D eigenvalue weighted by atomic mass is 32.2. The van der Waals surface area contributed by atoms with Crippen molar-refractivity contribution < 1.29 is 0 Å². The summed E-state index contributed by atoms with van der Waals surface area (Å²) in [6.45, 7) is 6.65. The zero-order chi connectivity index (χ0) is 12.3. The van der Waals surface area contributed by atoms with Crippen LogP contribution in [0.5, 0.6) is 0 Å². The van der Waals surface area contributed by atoms with Crippen molar-refractivity contribution >= 4 is 17.4 Å². The molecule has 0 spiro atoms. The van der Waals surface area contributed by atoms with Crippen LogP contribution in [0.2, 0.25) is 0 Å². The van der Waals surface area contributed by atoms with Crippen LogP contribution in [-0.4, -0.2) is 24.1 Å². The predicted molar refractivity (Wildman–Crippen MR) is 77.8 cm³/mol. The van der Waals surface area contributed by atoms with E-state index in [4.69, 9.17) is 5.73 Å². The quantitative estimate of drug-likeness (QED) is 0.894. The minimum atomic E-state index is 0.129. The third-order valence-electron chi connectivity index (χ3n) is 3.38. The summed E-state index contributed by atoms with van der Waals surface area (Å²) >= 11 is 2.11. The summed E-state index contributed by atoms with van der Waals surface area (Å²) in [5.41, 5.74) is 8.42. The molecule has 94 valence electrons. The van der Waals surface area contributed by atoms with Gasteiger partial charge in [0.25, 0.3) is 0 Å². The summed E-state index contributed by atoms with van der Waals surface area (Å²) in [7, 11) is 0. The van der Waals surface area contributed by atoms with E-state index in [9.17, 15) is 0 Å². The fraction of sp³-hybridized carbons (Fsp3) is 0.571. The number of benzene rings is 1. The molecule has 2 N–H and O–H groups in total. The molecule has 3 heteroatoms. The molecule has 2 rings (SSSR count). The first-order chi connectivity index (χ1) is 8.20. The molecule has 0 aliphatic carbocycles. The second kappa shape index (κ2) is 5.78.